The van der Waals surface area contributed by atoms with Gasteiger partial charge in [0.2, 0.25) is 16.0 Å². The molecule has 27 heavy (non-hydrogen) atoms. The number of sulfonamides is 1. The van der Waals surface area contributed by atoms with Crippen LogP contribution in [0.25, 0.3) is 0 Å². The van der Waals surface area contributed by atoms with Crippen molar-refractivity contribution in [2.45, 2.75) is 12.2 Å². The summed E-state index contributed by atoms with van der Waals surface area (Å²) in [6.45, 7) is 0.245. The number of guanidine groups is 1. The zero-order chi connectivity index (χ0) is 19.8. The molecule has 0 unspecified atom stereocenters. The van der Waals surface area contributed by atoms with Gasteiger partial charge >= 0.3 is 0 Å². The average Bonchev–Trinajstić information content (AvgIpc) is 2.60. The van der Waals surface area contributed by atoms with Crippen molar-refractivity contribution < 1.29 is 17.2 Å². The number of rotatable bonds is 4. The molecule has 1 aliphatic heterocycles. The van der Waals surface area contributed by atoms with Gasteiger partial charge in [0.05, 0.1) is 18.4 Å². The second-order valence-electron chi connectivity index (χ2n) is 6.13. The Kier molecular flexibility index (Phi) is 4.74. The number of hydrogen-bond donors (Lipinski definition) is 3. The van der Waals surface area contributed by atoms with E-state index in [9.17, 15) is 17.2 Å². The number of nitrogens with two attached hydrogens (primary N) is 2. The van der Waals surface area contributed by atoms with E-state index in [1.54, 1.807) is 0 Å². The van der Waals surface area contributed by atoms with Crippen LogP contribution in [0.5, 0.6) is 0 Å². The van der Waals surface area contributed by atoms with Crippen LogP contribution in [0, 0.1) is 11.6 Å². The molecular weight excluding hydrogens is 378 g/mol. The van der Waals surface area contributed by atoms with Gasteiger partial charge in [-0.05, 0) is 30.3 Å². The molecule has 1 atom stereocenters. The van der Waals surface area contributed by atoms with Crippen LogP contribution in [-0.2, 0) is 22.2 Å². The first kappa shape index (κ1) is 19.0. The molecule has 2 aromatic rings. The van der Waals surface area contributed by atoms with E-state index in [-0.39, 0.29) is 18.1 Å². The summed E-state index contributed by atoms with van der Waals surface area (Å²) in [4.78, 5) is 7.90. The van der Waals surface area contributed by atoms with Crippen LogP contribution in [0.4, 0.5) is 14.5 Å². The second kappa shape index (κ2) is 6.74. The number of anilines is 1. The van der Waals surface area contributed by atoms with Gasteiger partial charge in [0.15, 0.2) is 5.66 Å². The number of aromatic nitrogens is 1. The van der Waals surface area contributed by atoms with Crippen LogP contribution < -0.4 is 16.8 Å². The summed E-state index contributed by atoms with van der Waals surface area (Å²) in [5.41, 5.74) is 10.8. The molecule has 1 aliphatic rings. The fraction of sp³-hybridized carbons (Fsp3) is 0.250. The molecule has 3 rings (SSSR count). The van der Waals surface area contributed by atoms with E-state index < -0.39 is 33.1 Å². The Labute approximate surface area is 155 Å². The third kappa shape index (κ3) is 3.83. The van der Waals surface area contributed by atoms with Gasteiger partial charge in [-0.2, -0.15) is 0 Å². The summed E-state index contributed by atoms with van der Waals surface area (Å²) in [5, 5.41) is 3.00. The molecule has 0 radical (unpaired) electrons. The van der Waals surface area contributed by atoms with Crippen molar-refractivity contribution in [2.75, 3.05) is 18.1 Å². The van der Waals surface area contributed by atoms with E-state index in [1.165, 1.54) is 31.3 Å². The predicted octanol–water partition coefficient (Wildman–Crippen LogP) is 0.673. The van der Waals surface area contributed by atoms with Crippen LogP contribution in [0.1, 0.15) is 11.3 Å². The third-order valence-electron chi connectivity index (χ3n) is 4.15. The number of pyridine rings is 1. The minimum atomic E-state index is -3.84. The van der Waals surface area contributed by atoms with Crippen molar-refractivity contribution in [3.05, 3.63) is 59.4 Å². The minimum absolute atomic E-state index is 0.112. The van der Waals surface area contributed by atoms with E-state index in [1.807, 2.05) is 0 Å². The lowest BCUT2D eigenvalue weighted by atomic mass is 10.0. The maximum atomic E-state index is 14.4. The number of hydrogen-bond acceptors (Lipinski definition) is 7. The van der Waals surface area contributed by atoms with E-state index in [4.69, 9.17) is 11.5 Å². The molecular formula is C16H18F2N6O2S. The number of aliphatic imine (C=N–C) groups is 1. The zero-order valence-corrected chi connectivity index (χ0v) is 15.2. The number of nitrogens with one attached hydrogen (secondary N) is 1. The highest BCUT2D eigenvalue weighted by Crippen LogP contribution is 2.31. The zero-order valence-electron chi connectivity index (χ0n) is 14.4. The highest BCUT2D eigenvalue weighted by Gasteiger charge is 2.42. The molecule has 0 aliphatic carbocycles. The second-order valence-corrected chi connectivity index (χ2v) is 8.13. The molecule has 0 spiro atoms. The third-order valence-corrected chi connectivity index (χ3v) is 5.98. The molecule has 5 N–H and O–H groups in total. The lowest BCUT2D eigenvalue weighted by Gasteiger charge is -2.34. The fourth-order valence-corrected chi connectivity index (χ4v) is 3.93. The van der Waals surface area contributed by atoms with E-state index >= 15 is 0 Å². The van der Waals surface area contributed by atoms with E-state index in [0.717, 1.165) is 16.6 Å². The molecule has 2 heterocycles. The van der Waals surface area contributed by atoms with Crippen LogP contribution >= 0.6 is 0 Å². The largest absolute Gasteiger partial charge is 0.379 e. The van der Waals surface area contributed by atoms with Crippen LogP contribution in [-0.4, -0.2) is 36.5 Å². The number of nitrogens with zero attached hydrogens (tertiary/aromatic N) is 3. The summed E-state index contributed by atoms with van der Waals surface area (Å²) >= 11 is 0. The molecule has 0 saturated carbocycles. The molecule has 0 fully saturated rings. The monoisotopic (exact) mass is 396 g/mol. The SMILES string of the molecule is CN1C(N)=N[C@](N)(c2cc(NCc3ccc(F)cn3)ccc2F)CS1(=O)=O. The van der Waals surface area contributed by atoms with Gasteiger partial charge in [-0.1, -0.05) is 0 Å². The molecule has 1 aromatic carbocycles. The maximum absolute atomic E-state index is 14.4. The highest BCUT2D eigenvalue weighted by molar-refractivity contribution is 7.89. The average molecular weight is 396 g/mol. The Bertz CT molecular complexity index is 996. The fourth-order valence-electron chi connectivity index (χ4n) is 2.63. The molecule has 144 valence electrons. The van der Waals surface area contributed by atoms with Crippen LogP contribution in [0.15, 0.2) is 41.5 Å². The van der Waals surface area contributed by atoms with Crippen molar-refractivity contribution in [3.63, 3.8) is 0 Å². The smallest absolute Gasteiger partial charge is 0.241 e. The summed E-state index contributed by atoms with van der Waals surface area (Å²) in [6, 6.07) is 6.77. The topological polar surface area (TPSA) is 127 Å². The summed E-state index contributed by atoms with van der Waals surface area (Å²) in [6.07, 6.45) is 1.09. The lowest BCUT2D eigenvalue weighted by molar-refractivity contribution is 0.441. The highest BCUT2D eigenvalue weighted by atomic mass is 32.2. The van der Waals surface area contributed by atoms with Gasteiger partial charge in [0.25, 0.3) is 0 Å². The van der Waals surface area contributed by atoms with Crippen molar-refractivity contribution in [2.24, 2.45) is 16.5 Å². The van der Waals surface area contributed by atoms with Crippen molar-refractivity contribution in [1.82, 2.24) is 9.29 Å². The Morgan fingerprint density at radius 1 is 1.30 bits per heavy atom. The van der Waals surface area contributed by atoms with Gasteiger partial charge in [-0.15, -0.1) is 0 Å². The number of halogens is 2. The molecule has 11 heteroatoms. The Morgan fingerprint density at radius 3 is 2.67 bits per heavy atom. The molecule has 0 amide bonds. The maximum Gasteiger partial charge on any atom is 0.241 e. The van der Waals surface area contributed by atoms with Gasteiger partial charge in [-0.25, -0.2) is 26.5 Å². The Morgan fingerprint density at radius 2 is 2.04 bits per heavy atom. The van der Waals surface area contributed by atoms with Crippen LogP contribution in [0.2, 0.25) is 0 Å². The Balaban J connectivity index is 1.90. The van der Waals surface area contributed by atoms with E-state index in [2.05, 4.69) is 15.3 Å². The summed E-state index contributed by atoms with van der Waals surface area (Å²) < 4.78 is 52.6. The lowest BCUT2D eigenvalue weighted by Crippen LogP contribution is -2.55. The van der Waals surface area contributed by atoms with Gasteiger partial charge < -0.3 is 16.8 Å². The first-order valence-electron chi connectivity index (χ1n) is 7.86. The van der Waals surface area contributed by atoms with Crippen molar-refractivity contribution >= 4 is 21.7 Å². The molecule has 1 aromatic heterocycles. The van der Waals surface area contributed by atoms with Gasteiger partial charge in [0.1, 0.15) is 17.4 Å². The minimum Gasteiger partial charge on any atom is -0.379 e. The first-order chi connectivity index (χ1) is 12.6. The standard InChI is InChI=1S/C16H18F2N6O2S/c1-24-15(19)23-16(20,9-27(24,25)26)13-6-11(4-5-14(13)18)22-8-12-3-2-10(17)7-21-12/h2-7,22H,8-9,20H2,1H3,(H2,19,23)/t16-/m0/s1. The molecule has 0 saturated heterocycles. The normalized spacial score (nSPS) is 21.6. The molecule has 8 nitrogen and oxygen atoms in total. The summed E-state index contributed by atoms with van der Waals surface area (Å²) in [5.74, 6) is -2.11. The van der Waals surface area contributed by atoms with Crippen LogP contribution in [0.3, 0.4) is 0 Å². The number of benzene rings is 1. The van der Waals surface area contributed by atoms with Gasteiger partial charge in [-0.3, -0.25) is 4.98 Å². The Hall–Kier alpha value is -2.79. The predicted molar refractivity (Wildman–Crippen MR) is 97.0 cm³/mol. The first-order valence-corrected chi connectivity index (χ1v) is 9.47. The van der Waals surface area contributed by atoms with Crippen molar-refractivity contribution in [3.8, 4) is 0 Å². The van der Waals surface area contributed by atoms with Crippen molar-refractivity contribution in [1.29, 1.82) is 0 Å². The summed E-state index contributed by atoms with van der Waals surface area (Å²) in [7, 11) is -2.59. The van der Waals surface area contributed by atoms with E-state index in [0.29, 0.717) is 11.4 Å². The van der Waals surface area contributed by atoms with Gasteiger partial charge in [0, 0.05) is 18.3 Å². The quantitative estimate of drug-likeness (QED) is 0.697. The molecule has 0 bridgehead atoms.